The van der Waals surface area contributed by atoms with Crippen LogP contribution in [-0.4, -0.2) is 44.2 Å². The van der Waals surface area contributed by atoms with E-state index in [2.05, 4.69) is 0 Å². The zero-order valence-electron chi connectivity index (χ0n) is 15.8. The quantitative estimate of drug-likeness (QED) is 0.499. The molecule has 0 saturated carbocycles. The minimum absolute atomic E-state index is 0.0873. The maximum absolute atomic E-state index is 12.4. The highest BCUT2D eigenvalue weighted by Gasteiger charge is 2.41. The molecule has 2 heterocycles. The van der Waals surface area contributed by atoms with Crippen LogP contribution in [0.4, 0.5) is 0 Å². The highest BCUT2D eigenvalue weighted by molar-refractivity contribution is 5.89. The number of carbonyl (C=O) groups is 1. The second-order valence-electron chi connectivity index (χ2n) is 8.37. The number of aliphatic hydroxyl groups excluding tert-OH is 1. The third-order valence-corrected chi connectivity index (χ3v) is 5.71. The van der Waals surface area contributed by atoms with Gasteiger partial charge in [0.15, 0.2) is 0 Å². The van der Waals surface area contributed by atoms with Crippen LogP contribution in [0.3, 0.4) is 0 Å². The van der Waals surface area contributed by atoms with E-state index < -0.39 is 22.9 Å². The van der Waals surface area contributed by atoms with Crippen molar-refractivity contribution >= 4 is 5.97 Å². The average molecular weight is 352 g/mol. The van der Waals surface area contributed by atoms with E-state index in [0.717, 1.165) is 0 Å². The maximum atomic E-state index is 12.4. The number of hydrogen-bond donors (Lipinski definition) is 3. The lowest BCUT2D eigenvalue weighted by Crippen LogP contribution is -2.44. The summed E-state index contributed by atoms with van der Waals surface area (Å²) in [4.78, 5) is 12.4. The van der Waals surface area contributed by atoms with Crippen LogP contribution in [0.1, 0.15) is 66.2 Å². The molecule has 0 aromatic heterocycles. The van der Waals surface area contributed by atoms with Gasteiger partial charge in [-0.25, -0.2) is 4.79 Å². The van der Waals surface area contributed by atoms with Gasteiger partial charge >= 0.3 is 5.97 Å². The van der Waals surface area contributed by atoms with Crippen molar-refractivity contribution in [2.45, 2.75) is 89.1 Å². The van der Waals surface area contributed by atoms with Gasteiger partial charge in [-0.15, -0.1) is 0 Å². The molecule has 5 nitrogen and oxygen atoms in total. The highest BCUT2D eigenvalue weighted by atomic mass is 16.6. The van der Waals surface area contributed by atoms with Crippen molar-refractivity contribution in [2.24, 2.45) is 5.92 Å². The molecule has 25 heavy (non-hydrogen) atoms. The summed E-state index contributed by atoms with van der Waals surface area (Å²) in [5.41, 5.74) is -2.50. The fraction of sp³-hybridized carbons (Fsp3) is 0.750. The highest BCUT2D eigenvalue weighted by Crippen LogP contribution is 2.38. The van der Waals surface area contributed by atoms with Crippen LogP contribution >= 0.6 is 0 Å². The van der Waals surface area contributed by atoms with Gasteiger partial charge < -0.3 is 20.1 Å². The molecular weight excluding hydrogens is 320 g/mol. The molecule has 0 unspecified atom stereocenters. The first-order chi connectivity index (χ1) is 11.5. The monoisotopic (exact) mass is 352 g/mol. The predicted molar refractivity (Wildman–Crippen MR) is 95.8 cm³/mol. The van der Waals surface area contributed by atoms with Crippen molar-refractivity contribution in [3.8, 4) is 0 Å². The second kappa shape index (κ2) is 7.22. The number of aliphatic hydroxyl groups is 3. The van der Waals surface area contributed by atoms with Gasteiger partial charge in [0.1, 0.15) is 5.60 Å². The third kappa shape index (κ3) is 4.72. The summed E-state index contributed by atoms with van der Waals surface area (Å²) in [6.45, 7) is 7.27. The molecule has 3 rings (SSSR count). The number of esters is 1. The molecule has 0 radical (unpaired) electrons. The van der Waals surface area contributed by atoms with Crippen molar-refractivity contribution in [1.29, 1.82) is 0 Å². The number of allylic oxidation sites excluding steroid dienone is 1. The average Bonchev–Trinajstić information content (AvgIpc) is 2.51. The first-order valence-corrected chi connectivity index (χ1v) is 9.23. The number of ether oxygens (including phenoxy) is 1. The van der Waals surface area contributed by atoms with Crippen LogP contribution in [0, 0.1) is 5.92 Å². The second-order valence-corrected chi connectivity index (χ2v) is 8.37. The lowest BCUT2D eigenvalue weighted by molar-refractivity contribution is -0.159. The number of rotatable bonds is 1. The Morgan fingerprint density at radius 2 is 1.84 bits per heavy atom. The standard InChI is InChI=1S/C20H32O5/c1-14(2)20-11-7-15(17(22)25-20)6-5-9-19(4,24)16(21)8-10-18(3,23)12-13-20/h6,12-14,16,21,23-24H,5,7-11H2,1-4H3/b13-12+,15-6-/t16-,18-,19+,20-/m1/s1. The molecule has 2 aliphatic heterocycles. The Labute approximate surface area is 150 Å². The minimum Gasteiger partial charge on any atom is -0.451 e. The first kappa shape index (κ1) is 20.1. The summed E-state index contributed by atoms with van der Waals surface area (Å²) in [6.07, 6.45) is 7.08. The smallest absolute Gasteiger partial charge is 0.334 e. The molecule has 3 N–H and O–H groups in total. The summed E-state index contributed by atoms with van der Waals surface area (Å²) >= 11 is 0. The van der Waals surface area contributed by atoms with Crippen LogP contribution in [0.2, 0.25) is 0 Å². The van der Waals surface area contributed by atoms with Gasteiger partial charge in [0, 0.05) is 5.57 Å². The van der Waals surface area contributed by atoms with Gasteiger partial charge in [-0.2, -0.15) is 0 Å². The topological polar surface area (TPSA) is 87.0 Å². The summed E-state index contributed by atoms with van der Waals surface area (Å²) in [5, 5.41) is 31.4. The van der Waals surface area contributed by atoms with E-state index in [-0.39, 0.29) is 18.3 Å². The van der Waals surface area contributed by atoms with Crippen molar-refractivity contribution in [2.75, 3.05) is 0 Å². The molecule has 5 heteroatoms. The summed E-state index contributed by atoms with van der Waals surface area (Å²) in [6, 6.07) is 0. The summed E-state index contributed by atoms with van der Waals surface area (Å²) in [5.74, 6) is -0.245. The zero-order valence-corrected chi connectivity index (χ0v) is 15.8. The molecule has 1 aliphatic carbocycles. The number of carbonyl (C=O) groups excluding carboxylic acids is 1. The van der Waals surface area contributed by atoms with Gasteiger partial charge in [-0.3, -0.25) is 0 Å². The molecule has 0 amide bonds. The molecule has 0 aromatic rings. The Kier molecular flexibility index (Phi) is 5.81. The Balaban J connectivity index is 2.36. The van der Waals surface area contributed by atoms with Crippen LogP contribution in [-0.2, 0) is 9.53 Å². The molecule has 4 atom stereocenters. The van der Waals surface area contributed by atoms with Crippen LogP contribution in [0.5, 0.6) is 0 Å². The van der Waals surface area contributed by atoms with Crippen molar-refractivity contribution in [1.82, 2.24) is 0 Å². The SMILES string of the molecule is CC(C)[C@]12/C=C/[C@](C)(O)CC[C@@H](O)[C@@](C)(O)CC/C=C(/CC1)C(=O)O2. The van der Waals surface area contributed by atoms with Crippen LogP contribution < -0.4 is 0 Å². The van der Waals surface area contributed by atoms with E-state index in [1.807, 2.05) is 26.0 Å². The fourth-order valence-corrected chi connectivity index (χ4v) is 3.47. The molecule has 1 fully saturated rings. The van der Waals surface area contributed by atoms with E-state index in [1.165, 1.54) is 0 Å². The minimum atomic E-state index is -1.26. The molecule has 0 spiro atoms. The largest absolute Gasteiger partial charge is 0.451 e. The Morgan fingerprint density at radius 1 is 1.16 bits per heavy atom. The van der Waals surface area contributed by atoms with Gasteiger partial charge in [0.2, 0.25) is 0 Å². The molecule has 2 bridgehead atoms. The first-order valence-electron chi connectivity index (χ1n) is 9.23. The maximum Gasteiger partial charge on any atom is 0.334 e. The van der Waals surface area contributed by atoms with Crippen molar-refractivity contribution < 1.29 is 24.9 Å². The lowest BCUT2D eigenvalue weighted by atomic mass is 9.79. The van der Waals surface area contributed by atoms with E-state index >= 15 is 0 Å². The normalized spacial score (nSPS) is 43.9. The number of hydrogen-bond acceptors (Lipinski definition) is 5. The summed E-state index contributed by atoms with van der Waals surface area (Å²) < 4.78 is 5.79. The summed E-state index contributed by atoms with van der Waals surface area (Å²) in [7, 11) is 0. The lowest BCUT2D eigenvalue weighted by Gasteiger charge is -2.39. The molecule has 3 aliphatic rings. The molecular formula is C20H32O5. The molecule has 142 valence electrons. The van der Waals surface area contributed by atoms with E-state index in [0.29, 0.717) is 37.7 Å². The number of fused-ring (bicyclic) bond motifs is 10. The molecule has 0 aromatic carbocycles. The van der Waals surface area contributed by atoms with E-state index in [4.69, 9.17) is 4.74 Å². The molecule has 1 saturated heterocycles. The van der Waals surface area contributed by atoms with Gasteiger partial charge in [0.25, 0.3) is 0 Å². The van der Waals surface area contributed by atoms with Gasteiger partial charge in [-0.05, 0) is 64.4 Å². The van der Waals surface area contributed by atoms with Crippen LogP contribution in [0.15, 0.2) is 23.8 Å². The Bertz CT molecular complexity index is 558. The Morgan fingerprint density at radius 3 is 2.44 bits per heavy atom. The zero-order chi connectivity index (χ0) is 18.9. The van der Waals surface area contributed by atoms with E-state index in [1.54, 1.807) is 19.9 Å². The van der Waals surface area contributed by atoms with Crippen molar-refractivity contribution in [3.05, 3.63) is 23.8 Å². The van der Waals surface area contributed by atoms with Crippen molar-refractivity contribution in [3.63, 3.8) is 0 Å². The predicted octanol–water partition coefficient (Wildman–Crippen LogP) is 2.64. The third-order valence-electron chi connectivity index (χ3n) is 5.71. The fourth-order valence-electron chi connectivity index (χ4n) is 3.47. The van der Waals surface area contributed by atoms with Gasteiger partial charge in [-0.1, -0.05) is 26.0 Å². The van der Waals surface area contributed by atoms with E-state index in [9.17, 15) is 20.1 Å². The Hall–Kier alpha value is -1.17. The van der Waals surface area contributed by atoms with Crippen LogP contribution in [0.25, 0.3) is 0 Å². The van der Waals surface area contributed by atoms with Gasteiger partial charge in [0.05, 0.1) is 17.3 Å².